The zero-order chi connectivity index (χ0) is 15.2. The number of hydrogen-bond donors (Lipinski definition) is 1. The Hall–Kier alpha value is -0.0900. The molecule has 1 rings (SSSR count). The van der Waals surface area contributed by atoms with Gasteiger partial charge in [-0.1, -0.05) is 33.1 Å². The summed E-state index contributed by atoms with van der Waals surface area (Å²) in [6, 6.07) is 0. The van der Waals surface area contributed by atoms with Gasteiger partial charge in [0.25, 0.3) is 0 Å². The summed E-state index contributed by atoms with van der Waals surface area (Å²) in [6.07, 6.45) is 5.90. The quantitative estimate of drug-likeness (QED) is 0.748. The summed E-state index contributed by atoms with van der Waals surface area (Å²) in [4.78, 5) is 0. The number of rotatable bonds is 8. The fourth-order valence-corrected chi connectivity index (χ4v) is 4.14. The summed E-state index contributed by atoms with van der Waals surface area (Å²) in [5, 5.41) is 3.32. The van der Waals surface area contributed by atoms with E-state index in [1.54, 1.807) is 13.8 Å². The highest BCUT2D eigenvalue weighted by Crippen LogP contribution is 2.32. The van der Waals surface area contributed by atoms with Crippen molar-refractivity contribution in [2.45, 2.75) is 65.0 Å². The molecule has 0 aromatic rings. The van der Waals surface area contributed by atoms with Crippen molar-refractivity contribution in [3.8, 4) is 0 Å². The molecule has 0 aliphatic heterocycles. The maximum Gasteiger partial charge on any atom is 0.152 e. The largest absolute Gasteiger partial charge is 0.316 e. The first kappa shape index (κ1) is 18.0. The van der Waals surface area contributed by atoms with Crippen LogP contribution in [0.4, 0.5) is 0 Å². The maximum atomic E-state index is 12.0. The van der Waals surface area contributed by atoms with Crippen molar-refractivity contribution in [2.24, 2.45) is 17.8 Å². The highest BCUT2D eigenvalue weighted by molar-refractivity contribution is 7.91. The molecule has 4 heteroatoms. The molecule has 0 radical (unpaired) electrons. The fourth-order valence-electron chi connectivity index (χ4n) is 3.04. The number of hydrogen-bond acceptors (Lipinski definition) is 3. The molecule has 120 valence electrons. The van der Waals surface area contributed by atoms with Crippen LogP contribution in [0.15, 0.2) is 0 Å². The molecule has 0 saturated heterocycles. The third-order valence-corrected chi connectivity index (χ3v) is 6.76. The van der Waals surface area contributed by atoms with Crippen molar-refractivity contribution >= 4 is 9.84 Å². The standard InChI is InChI=1S/C16H33NO2S/c1-13(2)11-17-12-16-8-6-5-7-15(16)9-10-20(18,19)14(3)4/h13-17H,5-12H2,1-4H3. The molecule has 1 saturated carbocycles. The first-order valence-corrected chi connectivity index (χ1v) is 9.96. The molecule has 0 aromatic carbocycles. The summed E-state index contributed by atoms with van der Waals surface area (Å²) in [7, 11) is -2.88. The van der Waals surface area contributed by atoms with Crippen LogP contribution in [0.5, 0.6) is 0 Å². The molecule has 20 heavy (non-hydrogen) atoms. The maximum absolute atomic E-state index is 12.0. The Balaban J connectivity index is 2.44. The van der Waals surface area contributed by atoms with Crippen molar-refractivity contribution in [1.29, 1.82) is 0 Å². The van der Waals surface area contributed by atoms with Crippen LogP contribution in [0.1, 0.15) is 59.8 Å². The lowest BCUT2D eigenvalue weighted by molar-refractivity contribution is 0.222. The molecule has 1 fully saturated rings. The highest BCUT2D eigenvalue weighted by atomic mass is 32.2. The Kier molecular flexibility index (Phi) is 7.52. The van der Waals surface area contributed by atoms with Gasteiger partial charge in [-0.3, -0.25) is 0 Å². The predicted molar refractivity (Wildman–Crippen MR) is 86.7 cm³/mol. The molecule has 0 heterocycles. The average Bonchev–Trinajstić information content (AvgIpc) is 2.37. The van der Waals surface area contributed by atoms with Crippen molar-refractivity contribution in [2.75, 3.05) is 18.8 Å². The van der Waals surface area contributed by atoms with Crippen LogP contribution < -0.4 is 5.32 Å². The summed E-state index contributed by atoms with van der Waals surface area (Å²) >= 11 is 0. The zero-order valence-electron chi connectivity index (χ0n) is 13.7. The van der Waals surface area contributed by atoms with E-state index in [1.165, 1.54) is 25.7 Å². The van der Waals surface area contributed by atoms with Crippen molar-refractivity contribution < 1.29 is 8.42 Å². The van der Waals surface area contributed by atoms with E-state index in [-0.39, 0.29) is 5.25 Å². The predicted octanol–water partition coefficient (Wildman–Crippen LogP) is 3.25. The van der Waals surface area contributed by atoms with Gasteiger partial charge in [-0.15, -0.1) is 0 Å². The molecule has 0 aromatic heterocycles. The van der Waals surface area contributed by atoms with Crippen molar-refractivity contribution in [3.05, 3.63) is 0 Å². The van der Waals surface area contributed by atoms with Crippen LogP contribution >= 0.6 is 0 Å². The van der Waals surface area contributed by atoms with E-state index in [9.17, 15) is 8.42 Å². The van der Waals surface area contributed by atoms with Crippen LogP contribution in [0.2, 0.25) is 0 Å². The van der Waals surface area contributed by atoms with E-state index >= 15 is 0 Å². The van der Waals surface area contributed by atoms with Gasteiger partial charge in [-0.25, -0.2) is 8.42 Å². The van der Waals surface area contributed by atoms with Gasteiger partial charge in [0.05, 0.1) is 11.0 Å². The zero-order valence-corrected chi connectivity index (χ0v) is 14.5. The van der Waals surface area contributed by atoms with E-state index in [0.29, 0.717) is 23.5 Å². The highest BCUT2D eigenvalue weighted by Gasteiger charge is 2.27. The Labute approximate surface area is 125 Å². The van der Waals surface area contributed by atoms with E-state index < -0.39 is 9.84 Å². The van der Waals surface area contributed by atoms with E-state index in [4.69, 9.17) is 0 Å². The molecular weight excluding hydrogens is 270 g/mol. The van der Waals surface area contributed by atoms with Gasteiger partial charge < -0.3 is 5.32 Å². The lowest BCUT2D eigenvalue weighted by atomic mass is 9.78. The van der Waals surface area contributed by atoms with Gasteiger partial charge in [-0.2, -0.15) is 0 Å². The van der Waals surface area contributed by atoms with E-state index in [1.807, 2.05) is 0 Å². The second-order valence-corrected chi connectivity index (χ2v) is 9.74. The van der Waals surface area contributed by atoms with Crippen LogP contribution in [0.3, 0.4) is 0 Å². The fraction of sp³-hybridized carbons (Fsp3) is 1.00. The van der Waals surface area contributed by atoms with Gasteiger partial charge >= 0.3 is 0 Å². The van der Waals surface area contributed by atoms with Gasteiger partial charge in [-0.05, 0) is 57.5 Å². The van der Waals surface area contributed by atoms with Crippen molar-refractivity contribution in [1.82, 2.24) is 5.32 Å². The molecule has 0 amide bonds. The first-order chi connectivity index (χ1) is 9.33. The second-order valence-electron chi connectivity index (χ2n) is 7.06. The van der Waals surface area contributed by atoms with Crippen molar-refractivity contribution in [3.63, 3.8) is 0 Å². The Morgan fingerprint density at radius 2 is 1.65 bits per heavy atom. The van der Waals surface area contributed by atoms with Gasteiger partial charge in [0.15, 0.2) is 9.84 Å². The Morgan fingerprint density at radius 3 is 2.20 bits per heavy atom. The van der Waals surface area contributed by atoms with E-state index in [2.05, 4.69) is 19.2 Å². The Bertz CT molecular complexity index is 363. The molecule has 1 N–H and O–H groups in total. The molecule has 0 spiro atoms. The van der Waals surface area contributed by atoms with E-state index in [0.717, 1.165) is 19.5 Å². The summed E-state index contributed by atoms with van der Waals surface area (Å²) in [5.41, 5.74) is 0. The molecule has 3 nitrogen and oxygen atoms in total. The summed E-state index contributed by atoms with van der Waals surface area (Å²) < 4.78 is 23.9. The average molecular weight is 304 g/mol. The topological polar surface area (TPSA) is 46.2 Å². The Morgan fingerprint density at radius 1 is 1.05 bits per heavy atom. The number of sulfone groups is 1. The molecule has 0 bridgehead atoms. The van der Waals surface area contributed by atoms with Gasteiger partial charge in [0.2, 0.25) is 0 Å². The number of nitrogens with one attached hydrogen (secondary N) is 1. The van der Waals surface area contributed by atoms with Gasteiger partial charge in [0, 0.05) is 0 Å². The minimum absolute atomic E-state index is 0.233. The van der Waals surface area contributed by atoms with Gasteiger partial charge in [0.1, 0.15) is 0 Å². The molecule has 1 aliphatic rings. The van der Waals surface area contributed by atoms with Crippen LogP contribution in [0, 0.1) is 17.8 Å². The normalized spacial score (nSPS) is 24.5. The molecular formula is C16H33NO2S. The monoisotopic (exact) mass is 303 g/mol. The third-order valence-electron chi connectivity index (χ3n) is 4.52. The molecule has 1 aliphatic carbocycles. The summed E-state index contributed by atoms with van der Waals surface area (Å²) in [5.74, 6) is 2.32. The van der Waals surface area contributed by atoms with Crippen LogP contribution in [-0.4, -0.2) is 32.5 Å². The minimum Gasteiger partial charge on any atom is -0.316 e. The lowest BCUT2D eigenvalue weighted by Gasteiger charge is -2.32. The summed E-state index contributed by atoms with van der Waals surface area (Å²) in [6.45, 7) is 10.1. The smallest absolute Gasteiger partial charge is 0.152 e. The lowest BCUT2D eigenvalue weighted by Crippen LogP contribution is -2.33. The van der Waals surface area contributed by atoms with Crippen LogP contribution in [-0.2, 0) is 9.84 Å². The third kappa shape index (κ3) is 6.13. The molecule has 2 atom stereocenters. The second kappa shape index (κ2) is 8.38. The minimum atomic E-state index is -2.88. The molecule has 2 unspecified atom stereocenters. The SMILES string of the molecule is CC(C)CNCC1CCCCC1CCS(=O)(=O)C(C)C. The first-order valence-electron chi connectivity index (χ1n) is 8.25. The van der Waals surface area contributed by atoms with Crippen LogP contribution in [0.25, 0.3) is 0 Å².